The lowest BCUT2D eigenvalue weighted by Crippen LogP contribution is -2.36. The van der Waals surface area contributed by atoms with Crippen LogP contribution in [-0.2, 0) is 26.1 Å². The Morgan fingerprint density at radius 2 is 1.58 bits per heavy atom. The molecule has 0 N–H and O–H groups in total. The number of rotatable bonds is 9. The second-order valence-corrected chi connectivity index (χ2v) is 7.97. The van der Waals surface area contributed by atoms with Gasteiger partial charge in [-0.25, -0.2) is 8.42 Å². The second kappa shape index (κ2) is 9.88. The number of alkyl halides is 3. The Balaban J connectivity index is 2.53. The first-order valence-electron chi connectivity index (χ1n) is 8.64. The molecule has 0 fully saturated rings. The van der Waals surface area contributed by atoms with Gasteiger partial charge in [-0.15, -0.1) is 13.2 Å². The summed E-state index contributed by atoms with van der Waals surface area (Å²) >= 11 is 0. The van der Waals surface area contributed by atoms with E-state index in [-0.39, 0.29) is 6.54 Å². The lowest BCUT2D eigenvalue weighted by molar-refractivity contribution is -0.275. The highest BCUT2D eigenvalue weighted by molar-refractivity contribution is 7.89. The number of methoxy groups -OCH3 is 3. The van der Waals surface area contributed by atoms with Gasteiger partial charge in [-0.1, -0.05) is 12.1 Å². The number of carbonyl (C=O) groups is 1. The molecule has 2 aromatic carbocycles. The van der Waals surface area contributed by atoms with Crippen molar-refractivity contribution in [2.24, 2.45) is 0 Å². The first-order chi connectivity index (χ1) is 14.5. The van der Waals surface area contributed by atoms with Gasteiger partial charge in [0.15, 0.2) is 0 Å². The van der Waals surface area contributed by atoms with E-state index in [2.05, 4.69) is 9.47 Å². The molecule has 8 nitrogen and oxygen atoms in total. The van der Waals surface area contributed by atoms with Gasteiger partial charge in [0, 0.05) is 12.6 Å². The fourth-order valence-electron chi connectivity index (χ4n) is 2.61. The van der Waals surface area contributed by atoms with Crippen molar-refractivity contribution in [3.8, 4) is 17.2 Å². The zero-order chi connectivity index (χ0) is 23.2. The summed E-state index contributed by atoms with van der Waals surface area (Å²) in [6.45, 7) is -1.13. The van der Waals surface area contributed by atoms with Crippen LogP contribution in [-0.4, -0.2) is 52.9 Å². The molecule has 0 amide bonds. The third kappa shape index (κ3) is 6.49. The zero-order valence-corrected chi connectivity index (χ0v) is 17.6. The Hall–Kier alpha value is -2.99. The molecule has 31 heavy (non-hydrogen) atoms. The molecule has 2 rings (SSSR count). The summed E-state index contributed by atoms with van der Waals surface area (Å²) in [5.41, 5.74) is 0.359. The molecule has 0 aromatic heterocycles. The van der Waals surface area contributed by atoms with Gasteiger partial charge in [0.1, 0.15) is 28.7 Å². The minimum Gasteiger partial charge on any atom is -0.497 e. The quantitative estimate of drug-likeness (QED) is 0.528. The normalized spacial score (nSPS) is 11.8. The fraction of sp³-hybridized carbons (Fsp3) is 0.316. The topological polar surface area (TPSA) is 91.4 Å². The monoisotopic (exact) mass is 463 g/mol. The number of sulfonamides is 1. The average molecular weight is 463 g/mol. The van der Waals surface area contributed by atoms with Crippen molar-refractivity contribution in [1.82, 2.24) is 4.31 Å². The van der Waals surface area contributed by atoms with Crippen LogP contribution in [0.25, 0.3) is 0 Å². The summed E-state index contributed by atoms with van der Waals surface area (Å²) in [6.07, 6.45) is -5.11. The molecule has 0 saturated heterocycles. The van der Waals surface area contributed by atoms with E-state index in [0.29, 0.717) is 21.4 Å². The molecule has 2 aromatic rings. The summed E-state index contributed by atoms with van der Waals surface area (Å²) < 4.78 is 84.1. The predicted octanol–water partition coefficient (Wildman–Crippen LogP) is 2.97. The molecule has 0 radical (unpaired) electrons. The Morgan fingerprint density at radius 1 is 1.00 bits per heavy atom. The van der Waals surface area contributed by atoms with E-state index in [4.69, 9.17) is 9.47 Å². The number of nitrogens with zero attached hydrogens (tertiary/aromatic N) is 1. The van der Waals surface area contributed by atoms with Crippen molar-refractivity contribution in [2.45, 2.75) is 17.8 Å². The highest BCUT2D eigenvalue weighted by atomic mass is 32.2. The molecule has 0 aliphatic rings. The average Bonchev–Trinajstić information content (AvgIpc) is 2.71. The third-order valence-corrected chi connectivity index (χ3v) is 5.83. The number of benzene rings is 2. The van der Waals surface area contributed by atoms with E-state index in [1.54, 1.807) is 6.07 Å². The van der Waals surface area contributed by atoms with Crippen LogP contribution < -0.4 is 14.2 Å². The molecular formula is C19H20F3NO7S. The summed E-state index contributed by atoms with van der Waals surface area (Å²) in [6, 6.07) is 8.80. The lowest BCUT2D eigenvalue weighted by atomic mass is 10.2. The van der Waals surface area contributed by atoms with Crippen molar-refractivity contribution in [2.75, 3.05) is 27.9 Å². The first-order valence-corrected chi connectivity index (χ1v) is 10.1. The van der Waals surface area contributed by atoms with Gasteiger partial charge in [-0.3, -0.25) is 4.79 Å². The molecule has 0 aliphatic heterocycles. The predicted molar refractivity (Wildman–Crippen MR) is 102 cm³/mol. The molecular weight excluding hydrogens is 443 g/mol. The van der Waals surface area contributed by atoms with Gasteiger partial charge in [-0.2, -0.15) is 4.31 Å². The number of esters is 1. The van der Waals surface area contributed by atoms with Crippen LogP contribution in [0.2, 0.25) is 0 Å². The number of hydrogen-bond acceptors (Lipinski definition) is 7. The van der Waals surface area contributed by atoms with Crippen molar-refractivity contribution < 1.29 is 45.3 Å². The van der Waals surface area contributed by atoms with Crippen molar-refractivity contribution in [3.63, 3.8) is 0 Å². The molecule has 0 spiro atoms. The van der Waals surface area contributed by atoms with Crippen LogP contribution in [0.4, 0.5) is 13.2 Å². The largest absolute Gasteiger partial charge is 0.573 e. The number of hydrogen-bond donors (Lipinski definition) is 0. The van der Waals surface area contributed by atoms with Gasteiger partial charge >= 0.3 is 12.3 Å². The molecule has 0 aliphatic carbocycles. The van der Waals surface area contributed by atoms with E-state index in [1.807, 2.05) is 0 Å². The maximum atomic E-state index is 13.2. The summed E-state index contributed by atoms with van der Waals surface area (Å²) in [7, 11) is -0.773. The highest BCUT2D eigenvalue weighted by Crippen LogP contribution is 2.32. The minimum absolute atomic E-state index is 0.352. The lowest BCUT2D eigenvalue weighted by Gasteiger charge is -2.23. The number of para-hydroxylation sites is 1. The Morgan fingerprint density at radius 3 is 2.10 bits per heavy atom. The Bertz CT molecular complexity index is 1000. The molecule has 0 saturated carbocycles. The van der Waals surface area contributed by atoms with Crippen molar-refractivity contribution in [3.05, 3.63) is 48.0 Å². The van der Waals surface area contributed by atoms with Crippen LogP contribution in [0.1, 0.15) is 5.56 Å². The van der Waals surface area contributed by atoms with Crippen LogP contribution in [0.15, 0.2) is 47.4 Å². The smallest absolute Gasteiger partial charge is 0.497 e. The SMILES string of the molecule is COC(=O)CN(Cc1cc(OC)cc(OC)c1)S(=O)(=O)c1ccccc1OC(F)(F)F. The summed E-state index contributed by atoms with van der Waals surface area (Å²) in [5, 5.41) is 0. The first kappa shape index (κ1) is 24.3. The summed E-state index contributed by atoms with van der Waals surface area (Å²) in [5.74, 6) is -1.13. The van der Waals surface area contributed by atoms with Crippen LogP contribution >= 0.6 is 0 Å². The van der Waals surface area contributed by atoms with Crippen LogP contribution in [0, 0.1) is 0 Å². The van der Waals surface area contributed by atoms with Crippen molar-refractivity contribution >= 4 is 16.0 Å². The maximum absolute atomic E-state index is 13.2. The van der Waals surface area contributed by atoms with E-state index in [0.717, 1.165) is 19.2 Å². The molecule has 0 bridgehead atoms. The number of carbonyl (C=O) groups excluding carboxylic acids is 1. The molecule has 0 unspecified atom stereocenters. The standard InChI is InChI=1S/C19H20F3NO7S/c1-27-14-8-13(9-15(10-14)28-2)11-23(12-18(24)29-3)31(25,26)17-7-5-4-6-16(17)30-19(20,21)22/h4-10H,11-12H2,1-3H3. The third-order valence-electron chi connectivity index (χ3n) is 4.00. The van der Waals surface area contributed by atoms with E-state index < -0.39 is 39.5 Å². The molecule has 0 atom stereocenters. The molecule has 12 heteroatoms. The Labute approximate surface area is 177 Å². The van der Waals surface area contributed by atoms with Crippen molar-refractivity contribution in [1.29, 1.82) is 0 Å². The maximum Gasteiger partial charge on any atom is 0.573 e. The van der Waals surface area contributed by atoms with Crippen LogP contribution in [0.5, 0.6) is 17.2 Å². The number of halogens is 3. The molecule has 0 heterocycles. The van der Waals surface area contributed by atoms with E-state index >= 15 is 0 Å². The van der Waals surface area contributed by atoms with Gasteiger partial charge in [-0.05, 0) is 29.8 Å². The number of ether oxygens (including phenoxy) is 4. The Kier molecular flexibility index (Phi) is 7.74. The van der Waals surface area contributed by atoms with E-state index in [1.165, 1.54) is 38.5 Å². The summed E-state index contributed by atoms with van der Waals surface area (Å²) in [4.78, 5) is 11.1. The van der Waals surface area contributed by atoms with Gasteiger partial charge in [0.25, 0.3) is 0 Å². The van der Waals surface area contributed by atoms with Gasteiger partial charge < -0.3 is 18.9 Å². The van der Waals surface area contributed by atoms with Crippen LogP contribution in [0.3, 0.4) is 0 Å². The minimum atomic E-state index is -5.11. The fourth-order valence-corrected chi connectivity index (χ4v) is 4.09. The highest BCUT2D eigenvalue weighted by Gasteiger charge is 2.36. The van der Waals surface area contributed by atoms with Gasteiger partial charge in [0.05, 0.1) is 21.3 Å². The van der Waals surface area contributed by atoms with E-state index in [9.17, 15) is 26.4 Å². The zero-order valence-electron chi connectivity index (χ0n) is 16.8. The molecule has 170 valence electrons. The van der Waals surface area contributed by atoms with Gasteiger partial charge in [0.2, 0.25) is 10.0 Å². The second-order valence-electron chi connectivity index (χ2n) is 6.06.